The van der Waals surface area contributed by atoms with Crippen LogP contribution in [-0.2, 0) is 28.6 Å². The molecule has 0 aliphatic carbocycles. The van der Waals surface area contributed by atoms with E-state index in [-0.39, 0.29) is 31.1 Å². The van der Waals surface area contributed by atoms with Crippen LogP contribution < -0.4 is 0 Å². The predicted octanol–water partition coefficient (Wildman–Crippen LogP) is 19.4. The number of unbranched alkanes of at least 4 members (excludes halogenated alkanes) is 29. The standard InChI is InChI=1S/C62H108O6/c1-4-7-10-13-16-19-22-25-27-29-30-31-32-33-35-37-40-43-46-49-52-55-61(64)67-58-59(57-66-60(63)54-51-48-45-42-39-36-24-21-18-15-12-9-6-3)68-62(65)56-53-50-47-44-41-38-34-28-26-23-20-17-14-11-8-5-2/h9,12,18,21-22,25,29-30,32-33,36,39,59H,4-8,10-11,13-17,19-20,23-24,26-28,31,34-35,37-38,40-58H2,1-3H3/b12-9-,21-18-,25-22-,30-29-,33-32-,39-36-. The Kier molecular flexibility index (Phi) is 53.8. The second-order valence-electron chi connectivity index (χ2n) is 19.2. The maximum Gasteiger partial charge on any atom is 0.306 e. The van der Waals surface area contributed by atoms with Crippen LogP contribution in [-0.4, -0.2) is 37.2 Å². The van der Waals surface area contributed by atoms with Crippen LogP contribution in [0.5, 0.6) is 0 Å². The van der Waals surface area contributed by atoms with E-state index in [1.807, 2.05) is 0 Å². The lowest BCUT2D eigenvalue weighted by molar-refractivity contribution is -0.167. The SMILES string of the molecule is CC/C=C\C/C=C\C/C=C\CCCCCC(=O)OCC(COC(=O)CCCCCCCC/C=C\C/C=C\C/C=C\CCCCCCC)OC(=O)CCCCCCCCCCCCCCCCCC. The van der Waals surface area contributed by atoms with E-state index < -0.39 is 6.10 Å². The molecule has 0 bridgehead atoms. The van der Waals surface area contributed by atoms with Gasteiger partial charge in [0, 0.05) is 19.3 Å². The van der Waals surface area contributed by atoms with E-state index >= 15 is 0 Å². The highest BCUT2D eigenvalue weighted by Gasteiger charge is 2.19. The van der Waals surface area contributed by atoms with Crippen molar-refractivity contribution in [3.63, 3.8) is 0 Å². The summed E-state index contributed by atoms with van der Waals surface area (Å²) in [6.07, 6.45) is 71.8. The van der Waals surface area contributed by atoms with Gasteiger partial charge in [-0.3, -0.25) is 14.4 Å². The largest absolute Gasteiger partial charge is 0.462 e. The van der Waals surface area contributed by atoms with Gasteiger partial charge in [-0.1, -0.05) is 248 Å². The molecule has 68 heavy (non-hydrogen) atoms. The number of carbonyl (C=O) groups is 3. The van der Waals surface area contributed by atoms with Gasteiger partial charge in [0.1, 0.15) is 13.2 Å². The van der Waals surface area contributed by atoms with Crippen molar-refractivity contribution in [3.8, 4) is 0 Å². The molecule has 0 saturated carbocycles. The van der Waals surface area contributed by atoms with Crippen molar-refractivity contribution in [2.45, 2.75) is 290 Å². The average Bonchev–Trinajstić information content (AvgIpc) is 3.34. The predicted molar refractivity (Wildman–Crippen MR) is 293 cm³/mol. The highest BCUT2D eigenvalue weighted by Crippen LogP contribution is 2.16. The minimum Gasteiger partial charge on any atom is -0.462 e. The second kappa shape index (κ2) is 56.4. The molecule has 1 atom stereocenters. The molecule has 1 unspecified atom stereocenters. The molecule has 0 rings (SSSR count). The third kappa shape index (κ3) is 53.8. The first-order valence-electron chi connectivity index (χ1n) is 28.9. The molecule has 0 aromatic carbocycles. The zero-order valence-electron chi connectivity index (χ0n) is 44.9. The Morgan fingerprint density at radius 3 is 0.912 bits per heavy atom. The van der Waals surface area contributed by atoms with Crippen LogP contribution >= 0.6 is 0 Å². The quantitative estimate of drug-likeness (QED) is 0.0262. The first-order valence-corrected chi connectivity index (χ1v) is 28.9. The van der Waals surface area contributed by atoms with Crippen LogP contribution in [0.3, 0.4) is 0 Å². The molecular formula is C62H108O6. The normalized spacial score (nSPS) is 12.6. The number of allylic oxidation sites excluding steroid dienone is 12. The van der Waals surface area contributed by atoms with E-state index in [2.05, 4.69) is 93.7 Å². The molecule has 0 heterocycles. The van der Waals surface area contributed by atoms with Gasteiger partial charge in [0.25, 0.3) is 0 Å². The topological polar surface area (TPSA) is 78.9 Å². The highest BCUT2D eigenvalue weighted by molar-refractivity contribution is 5.71. The molecule has 0 N–H and O–H groups in total. The van der Waals surface area contributed by atoms with E-state index in [1.54, 1.807) is 0 Å². The van der Waals surface area contributed by atoms with Gasteiger partial charge in [0.05, 0.1) is 0 Å². The summed E-state index contributed by atoms with van der Waals surface area (Å²) in [7, 11) is 0. The molecule has 0 fully saturated rings. The van der Waals surface area contributed by atoms with Gasteiger partial charge in [-0.05, 0) is 89.9 Å². The van der Waals surface area contributed by atoms with Gasteiger partial charge in [-0.15, -0.1) is 0 Å². The van der Waals surface area contributed by atoms with Crippen LogP contribution in [0.1, 0.15) is 284 Å². The molecule has 6 nitrogen and oxygen atoms in total. The van der Waals surface area contributed by atoms with Gasteiger partial charge >= 0.3 is 17.9 Å². The molecule has 0 aliphatic heterocycles. The Balaban J connectivity index is 4.39. The molecule has 0 saturated heterocycles. The van der Waals surface area contributed by atoms with Crippen LogP contribution in [0.4, 0.5) is 0 Å². The molecule has 6 heteroatoms. The summed E-state index contributed by atoms with van der Waals surface area (Å²) in [6.45, 7) is 6.50. The third-order valence-corrected chi connectivity index (χ3v) is 12.4. The van der Waals surface area contributed by atoms with Gasteiger partial charge < -0.3 is 14.2 Å². The lowest BCUT2D eigenvalue weighted by Crippen LogP contribution is -2.30. The zero-order chi connectivity index (χ0) is 49.3. The van der Waals surface area contributed by atoms with Crippen molar-refractivity contribution in [1.29, 1.82) is 0 Å². The number of hydrogen-bond donors (Lipinski definition) is 0. The fourth-order valence-electron chi connectivity index (χ4n) is 8.11. The number of esters is 3. The van der Waals surface area contributed by atoms with E-state index in [1.165, 1.54) is 141 Å². The van der Waals surface area contributed by atoms with E-state index in [0.29, 0.717) is 19.3 Å². The van der Waals surface area contributed by atoms with Crippen LogP contribution in [0.25, 0.3) is 0 Å². The van der Waals surface area contributed by atoms with E-state index in [0.717, 1.165) is 103 Å². The first-order chi connectivity index (χ1) is 33.5. The number of hydrogen-bond acceptors (Lipinski definition) is 6. The minimum absolute atomic E-state index is 0.0899. The van der Waals surface area contributed by atoms with Crippen molar-refractivity contribution < 1.29 is 28.6 Å². The second-order valence-corrected chi connectivity index (χ2v) is 19.2. The maximum atomic E-state index is 12.8. The van der Waals surface area contributed by atoms with Crippen LogP contribution in [0.15, 0.2) is 72.9 Å². The van der Waals surface area contributed by atoms with Gasteiger partial charge in [0.15, 0.2) is 6.10 Å². The van der Waals surface area contributed by atoms with Crippen LogP contribution in [0.2, 0.25) is 0 Å². The lowest BCUT2D eigenvalue weighted by atomic mass is 10.0. The van der Waals surface area contributed by atoms with Crippen molar-refractivity contribution in [3.05, 3.63) is 72.9 Å². The summed E-state index contributed by atoms with van der Waals surface area (Å²) in [4.78, 5) is 38.1. The first kappa shape index (κ1) is 64.8. The smallest absolute Gasteiger partial charge is 0.306 e. The van der Waals surface area contributed by atoms with Crippen LogP contribution in [0, 0.1) is 0 Å². The molecule has 0 aromatic heterocycles. The minimum atomic E-state index is -0.791. The molecule has 0 aromatic rings. The summed E-state index contributed by atoms with van der Waals surface area (Å²) in [5, 5.41) is 0. The maximum absolute atomic E-state index is 12.8. The monoisotopic (exact) mass is 949 g/mol. The number of carbonyl (C=O) groups excluding carboxylic acids is 3. The van der Waals surface area contributed by atoms with Crippen molar-refractivity contribution >= 4 is 17.9 Å². The Hall–Kier alpha value is -3.15. The highest BCUT2D eigenvalue weighted by atomic mass is 16.6. The fourth-order valence-corrected chi connectivity index (χ4v) is 8.11. The molecule has 0 spiro atoms. The van der Waals surface area contributed by atoms with Crippen molar-refractivity contribution in [2.75, 3.05) is 13.2 Å². The number of rotatable bonds is 52. The van der Waals surface area contributed by atoms with Gasteiger partial charge in [0.2, 0.25) is 0 Å². The van der Waals surface area contributed by atoms with Crippen molar-refractivity contribution in [1.82, 2.24) is 0 Å². The summed E-state index contributed by atoms with van der Waals surface area (Å²) in [5.41, 5.74) is 0. The Morgan fingerprint density at radius 2 is 0.574 bits per heavy atom. The third-order valence-electron chi connectivity index (χ3n) is 12.4. The van der Waals surface area contributed by atoms with E-state index in [4.69, 9.17) is 14.2 Å². The lowest BCUT2D eigenvalue weighted by Gasteiger charge is -2.18. The molecule has 0 radical (unpaired) electrons. The Labute approximate surface area is 421 Å². The van der Waals surface area contributed by atoms with Gasteiger partial charge in [-0.25, -0.2) is 0 Å². The van der Waals surface area contributed by atoms with Crippen molar-refractivity contribution in [2.24, 2.45) is 0 Å². The fraction of sp³-hybridized carbons (Fsp3) is 0.758. The summed E-state index contributed by atoms with van der Waals surface area (Å²) in [5.74, 6) is -0.922. The Morgan fingerprint density at radius 1 is 0.309 bits per heavy atom. The zero-order valence-corrected chi connectivity index (χ0v) is 44.9. The number of ether oxygens (including phenoxy) is 3. The summed E-state index contributed by atoms with van der Waals surface area (Å²) < 4.78 is 16.8. The van der Waals surface area contributed by atoms with E-state index in [9.17, 15) is 14.4 Å². The molecule has 0 amide bonds. The molecule has 392 valence electrons. The molecular weight excluding hydrogens is 841 g/mol. The Bertz CT molecular complexity index is 1270. The summed E-state index contributed by atoms with van der Waals surface area (Å²) in [6, 6.07) is 0. The average molecular weight is 950 g/mol. The van der Waals surface area contributed by atoms with Gasteiger partial charge in [-0.2, -0.15) is 0 Å². The summed E-state index contributed by atoms with van der Waals surface area (Å²) >= 11 is 0. The molecule has 0 aliphatic rings.